The van der Waals surface area contributed by atoms with Gasteiger partial charge in [0, 0.05) is 18.8 Å². The maximum absolute atomic E-state index is 5.09. The van der Waals surface area contributed by atoms with E-state index in [1.807, 2.05) is 25.3 Å². The monoisotopic (exact) mass is 162 g/mol. The van der Waals surface area contributed by atoms with Crippen molar-refractivity contribution in [1.29, 1.82) is 0 Å². The van der Waals surface area contributed by atoms with E-state index in [1.165, 1.54) is 0 Å². The minimum atomic E-state index is 0.0330. The number of hydrogen-bond acceptors (Lipinski definition) is 3. The number of pyridine rings is 1. The normalized spacial score (nSPS) is 20.9. The molecule has 0 aromatic carbocycles. The Balaban J connectivity index is 2.18. The summed E-state index contributed by atoms with van der Waals surface area (Å²) in [6.07, 6.45) is 4.48. The van der Waals surface area contributed by atoms with Crippen molar-refractivity contribution in [3.05, 3.63) is 29.6 Å². The first-order chi connectivity index (χ1) is 5.86. The van der Waals surface area contributed by atoms with Crippen molar-refractivity contribution in [3.63, 3.8) is 0 Å². The molecule has 1 aliphatic heterocycles. The summed E-state index contributed by atoms with van der Waals surface area (Å²) >= 11 is 0. The molecule has 1 aromatic heterocycles. The first kappa shape index (κ1) is 7.28. The minimum Gasteiger partial charge on any atom is -0.386 e. The fourth-order valence-corrected chi connectivity index (χ4v) is 1.14. The zero-order valence-electron chi connectivity index (χ0n) is 6.90. The average Bonchev–Trinajstić information content (AvgIpc) is 2.58. The molecule has 0 amide bonds. The Morgan fingerprint density at radius 3 is 3.00 bits per heavy atom. The fraction of sp³-hybridized carbons (Fsp3) is 0.333. The summed E-state index contributed by atoms with van der Waals surface area (Å²) in [6, 6.07) is 4.01. The Labute approximate surface area is 71.1 Å². The highest BCUT2D eigenvalue weighted by atomic mass is 16.6. The smallest absolute Gasteiger partial charge is 0.174 e. The van der Waals surface area contributed by atoms with Gasteiger partial charge >= 0.3 is 0 Å². The lowest BCUT2D eigenvalue weighted by Gasteiger charge is -2.06. The van der Waals surface area contributed by atoms with E-state index in [0.717, 1.165) is 17.7 Å². The molecule has 2 heterocycles. The van der Waals surface area contributed by atoms with Crippen molar-refractivity contribution < 1.29 is 4.84 Å². The van der Waals surface area contributed by atoms with Crippen molar-refractivity contribution in [1.82, 2.24) is 4.98 Å². The summed E-state index contributed by atoms with van der Waals surface area (Å²) in [4.78, 5) is 9.34. The molecule has 2 rings (SSSR count). The molecule has 1 aromatic rings. The maximum atomic E-state index is 5.09. The van der Waals surface area contributed by atoms with Crippen molar-refractivity contribution in [3.8, 4) is 0 Å². The van der Waals surface area contributed by atoms with Crippen LogP contribution in [0, 0.1) is 6.92 Å². The number of oxime groups is 1. The predicted octanol–water partition coefficient (Wildman–Crippen LogP) is 1.84. The van der Waals surface area contributed by atoms with E-state index in [0.29, 0.717) is 0 Å². The predicted molar refractivity (Wildman–Crippen MR) is 45.9 cm³/mol. The van der Waals surface area contributed by atoms with Gasteiger partial charge in [0.25, 0.3) is 0 Å². The van der Waals surface area contributed by atoms with Crippen molar-refractivity contribution in [2.75, 3.05) is 0 Å². The Hall–Kier alpha value is -1.38. The molecule has 3 nitrogen and oxygen atoms in total. The molecule has 0 N–H and O–H groups in total. The fourth-order valence-electron chi connectivity index (χ4n) is 1.14. The van der Waals surface area contributed by atoms with E-state index >= 15 is 0 Å². The average molecular weight is 162 g/mol. The summed E-state index contributed by atoms with van der Waals surface area (Å²) in [5.74, 6) is 0. The van der Waals surface area contributed by atoms with Crippen LogP contribution < -0.4 is 0 Å². The van der Waals surface area contributed by atoms with E-state index in [1.54, 1.807) is 6.21 Å². The second-order valence-corrected chi connectivity index (χ2v) is 2.88. The van der Waals surface area contributed by atoms with E-state index in [2.05, 4.69) is 10.1 Å². The lowest BCUT2D eigenvalue weighted by molar-refractivity contribution is 0.0826. The molecule has 0 saturated carbocycles. The van der Waals surface area contributed by atoms with Gasteiger partial charge in [-0.25, -0.2) is 0 Å². The number of hydrogen-bond donors (Lipinski definition) is 0. The Morgan fingerprint density at radius 2 is 2.42 bits per heavy atom. The van der Waals surface area contributed by atoms with Gasteiger partial charge in [-0.3, -0.25) is 4.98 Å². The zero-order chi connectivity index (χ0) is 8.39. The van der Waals surface area contributed by atoms with Crippen LogP contribution in [0.2, 0.25) is 0 Å². The second kappa shape index (κ2) is 2.93. The molecule has 3 heteroatoms. The highest BCUT2D eigenvalue weighted by Crippen LogP contribution is 2.22. The third kappa shape index (κ3) is 1.30. The van der Waals surface area contributed by atoms with E-state index in [-0.39, 0.29) is 6.10 Å². The van der Waals surface area contributed by atoms with Crippen molar-refractivity contribution in [2.24, 2.45) is 5.16 Å². The van der Waals surface area contributed by atoms with Gasteiger partial charge in [0.15, 0.2) is 6.10 Å². The molecule has 0 saturated heterocycles. The lowest BCUT2D eigenvalue weighted by atomic mass is 10.1. The quantitative estimate of drug-likeness (QED) is 0.631. The highest BCUT2D eigenvalue weighted by molar-refractivity contribution is 5.59. The number of rotatable bonds is 1. The van der Waals surface area contributed by atoms with E-state index in [9.17, 15) is 0 Å². The summed E-state index contributed by atoms with van der Waals surface area (Å²) in [6.45, 7) is 2.02. The van der Waals surface area contributed by atoms with Gasteiger partial charge in [-0.1, -0.05) is 11.2 Å². The molecular weight excluding hydrogens is 152 g/mol. The molecule has 0 aliphatic carbocycles. The Kier molecular flexibility index (Phi) is 1.78. The Bertz CT molecular complexity index is 284. The van der Waals surface area contributed by atoms with Crippen LogP contribution >= 0.6 is 0 Å². The van der Waals surface area contributed by atoms with Gasteiger partial charge in [-0.2, -0.15) is 0 Å². The first-order valence-electron chi connectivity index (χ1n) is 3.96. The third-order valence-electron chi connectivity index (χ3n) is 1.85. The van der Waals surface area contributed by atoms with Gasteiger partial charge in [0.05, 0.1) is 5.69 Å². The van der Waals surface area contributed by atoms with Gasteiger partial charge in [-0.05, 0) is 18.6 Å². The van der Waals surface area contributed by atoms with Crippen LogP contribution in [0.4, 0.5) is 0 Å². The minimum absolute atomic E-state index is 0.0330. The number of aromatic nitrogens is 1. The number of nitrogens with zero attached hydrogens (tertiary/aromatic N) is 2. The summed E-state index contributed by atoms with van der Waals surface area (Å²) in [7, 11) is 0. The molecule has 1 atom stereocenters. The molecule has 1 aliphatic rings. The Morgan fingerprint density at radius 1 is 1.50 bits per heavy atom. The molecular formula is C9H10N2O. The van der Waals surface area contributed by atoms with Gasteiger partial charge in [0.1, 0.15) is 0 Å². The largest absolute Gasteiger partial charge is 0.386 e. The molecule has 1 unspecified atom stereocenters. The molecule has 0 bridgehead atoms. The van der Waals surface area contributed by atoms with Crippen LogP contribution in [0.25, 0.3) is 0 Å². The summed E-state index contributed by atoms with van der Waals surface area (Å²) < 4.78 is 0. The van der Waals surface area contributed by atoms with Crippen LogP contribution in [0.3, 0.4) is 0 Å². The SMILES string of the molecule is Cc1ccc(C2CC=NO2)nc1. The summed E-state index contributed by atoms with van der Waals surface area (Å²) in [5, 5.41) is 3.70. The van der Waals surface area contributed by atoms with Crippen LogP contribution in [0.5, 0.6) is 0 Å². The molecule has 12 heavy (non-hydrogen) atoms. The van der Waals surface area contributed by atoms with Crippen molar-refractivity contribution in [2.45, 2.75) is 19.4 Å². The zero-order valence-corrected chi connectivity index (χ0v) is 6.90. The lowest BCUT2D eigenvalue weighted by Crippen LogP contribution is -1.98. The van der Waals surface area contributed by atoms with Gasteiger partial charge in [-0.15, -0.1) is 0 Å². The van der Waals surface area contributed by atoms with Gasteiger partial charge in [0.2, 0.25) is 0 Å². The topological polar surface area (TPSA) is 34.5 Å². The first-order valence-corrected chi connectivity index (χ1v) is 3.96. The van der Waals surface area contributed by atoms with Gasteiger partial charge < -0.3 is 4.84 Å². The van der Waals surface area contributed by atoms with Crippen molar-refractivity contribution >= 4 is 6.21 Å². The molecule has 62 valence electrons. The third-order valence-corrected chi connectivity index (χ3v) is 1.85. The van der Waals surface area contributed by atoms with Crippen LogP contribution in [0.1, 0.15) is 23.8 Å². The molecule has 0 radical (unpaired) electrons. The van der Waals surface area contributed by atoms with Crippen LogP contribution in [-0.4, -0.2) is 11.2 Å². The van der Waals surface area contributed by atoms with Crippen LogP contribution in [-0.2, 0) is 4.84 Å². The second-order valence-electron chi connectivity index (χ2n) is 2.88. The standard InChI is InChI=1S/C9H10N2O/c1-7-2-3-8(10-6-7)9-4-5-11-12-9/h2-3,5-6,9H,4H2,1H3. The maximum Gasteiger partial charge on any atom is 0.174 e. The highest BCUT2D eigenvalue weighted by Gasteiger charge is 2.16. The molecule has 0 fully saturated rings. The van der Waals surface area contributed by atoms with Crippen LogP contribution in [0.15, 0.2) is 23.5 Å². The van der Waals surface area contributed by atoms with E-state index < -0.39 is 0 Å². The van der Waals surface area contributed by atoms with E-state index in [4.69, 9.17) is 4.84 Å². The number of aryl methyl sites for hydroxylation is 1. The molecule has 0 spiro atoms. The summed E-state index contributed by atoms with van der Waals surface area (Å²) in [5.41, 5.74) is 2.12.